The van der Waals surface area contributed by atoms with Crippen molar-refractivity contribution in [3.8, 4) is 0 Å². The molecule has 0 aromatic carbocycles. The summed E-state index contributed by atoms with van der Waals surface area (Å²) in [7, 11) is 1.58. The maximum absolute atomic E-state index is 12.8. The number of aliphatic hydroxyl groups is 1. The lowest BCUT2D eigenvalue weighted by Crippen LogP contribution is -2.45. The Labute approximate surface area is 297 Å². The van der Waals surface area contributed by atoms with Crippen LogP contribution in [-0.4, -0.2) is 73.4 Å². The maximum atomic E-state index is 12.8. The predicted octanol–water partition coefficient (Wildman–Crippen LogP) is 10.4. The molecule has 1 amide bonds. The molecule has 0 aliphatic carbocycles. The standard InChI is InChI=1S/C39H79N2O6P/c1-6-8-10-12-14-16-18-20-22-24-26-28-30-32-38(42)37(36-47-48(44,45)46-35-34-41(3,4)5)40-39(43)33-31-29-27-25-23-21-19-17-15-13-11-9-7-2/h30,32,37-38,42H,6-29,31,33-36H2,1-5H3,(H-,40,43,44,45)/p+1/b32-30+/t37-,38+/m0/s1/i39+1. The summed E-state index contributed by atoms with van der Waals surface area (Å²) in [5.41, 5.74) is 0. The number of unbranched alkanes of at least 4 members (excludes halogenated alkanes) is 23. The summed E-state index contributed by atoms with van der Waals surface area (Å²) < 4.78 is 23.5. The highest BCUT2D eigenvalue weighted by Gasteiger charge is 2.27. The van der Waals surface area contributed by atoms with Gasteiger partial charge in [0.2, 0.25) is 5.91 Å². The van der Waals surface area contributed by atoms with E-state index in [0.717, 1.165) is 38.5 Å². The van der Waals surface area contributed by atoms with Gasteiger partial charge in [0.05, 0.1) is 39.9 Å². The third-order valence-corrected chi connectivity index (χ3v) is 9.99. The number of rotatable bonds is 36. The SMILES string of the molecule is CCCCCCCCCCCCC/C=C/[C@@H](O)[C@H](COP(=O)(O)OCC[N+](C)(C)C)N[13C](=O)CCCCCCCCCCCCCCC. The number of phosphoric acid groups is 1. The van der Waals surface area contributed by atoms with E-state index in [1.807, 2.05) is 27.2 Å². The van der Waals surface area contributed by atoms with Crippen LogP contribution in [0.4, 0.5) is 0 Å². The molecule has 0 aliphatic rings. The lowest BCUT2D eigenvalue weighted by Gasteiger charge is -2.25. The quantitative estimate of drug-likeness (QED) is 0.0197. The highest BCUT2D eigenvalue weighted by molar-refractivity contribution is 7.47. The van der Waals surface area contributed by atoms with Gasteiger partial charge in [0.15, 0.2) is 0 Å². The number of allylic oxidation sites excluding steroid dienone is 1. The summed E-state index contributed by atoms with van der Waals surface area (Å²) in [4.78, 5) is 23.0. The molecule has 48 heavy (non-hydrogen) atoms. The summed E-state index contributed by atoms with van der Waals surface area (Å²) in [5.74, 6) is -0.178. The van der Waals surface area contributed by atoms with Crippen LogP contribution in [0.3, 0.4) is 0 Å². The molecular weight excluding hydrogens is 624 g/mol. The lowest BCUT2D eigenvalue weighted by atomic mass is 10.0. The molecule has 3 atom stereocenters. The van der Waals surface area contributed by atoms with Gasteiger partial charge < -0.3 is 19.8 Å². The number of hydrogen-bond acceptors (Lipinski definition) is 5. The van der Waals surface area contributed by atoms with Crippen LogP contribution in [-0.2, 0) is 18.4 Å². The molecule has 0 rings (SSSR count). The molecule has 0 heterocycles. The molecule has 0 saturated heterocycles. The van der Waals surface area contributed by atoms with Gasteiger partial charge >= 0.3 is 7.82 Å². The van der Waals surface area contributed by atoms with E-state index >= 15 is 0 Å². The predicted molar refractivity (Wildman–Crippen MR) is 203 cm³/mol. The molecule has 0 spiro atoms. The molecule has 9 heteroatoms. The number of likely N-dealkylation sites (N-methyl/N-ethyl adjacent to an activating group) is 1. The highest BCUT2D eigenvalue weighted by Crippen LogP contribution is 2.43. The molecular formula is C39H80N2O6P+. The molecule has 0 radical (unpaired) electrons. The largest absolute Gasteiger partial charge is 0.472 e. The Morgan fingerprint density at radius 2 is 1.10 bits per heavy atom. The molecule has 0 fully saturated rings. The second-order valence-corrected chi connectivity index (χ2v) is 16.5. The van der Waals surface area contributed by atoms with Crippen molar-refractivity contribution in [3.05, 3.63) is 12.2 Å². The minimum Gasteiger partial charge on any atom is -0.387 e. The molecule has 1 unspecified atom stereocenters. The zero-order chi connectivity index (χ0) is 35.8. The van der Waals surface area contributed by atoms with Crippen LogP contribution in [0.5, 0.6) is 0 Å². The number of carbonyl (C=O) groups excluding carboxylic acids is 1. The van der Waals surface area contributed by atoms with Crippen LogP contribution >= 0.6 is 7.82 Å². The highest BCUT2D eigenvalue weighted by atomic mass is 31.2. The number of amides is 1. The smallest absolute Gasteiger partial charge is 0.387 e. The van der Waals surface area contributed by atoms with E-state index in [9.17, 15) is 19.4 Å². The van der Waals surface area contributed by atoms with Crippen molar-refractivity contribution >= 4 is 13.7 Å². The van der Waals surface area contributed by atoms with E-state index in [4.69, 9.17) is 9.05 Å². The third-order valence-electron chi connectivity index (χ3n) is 9.01. The van der Waals surface area contributed by atoms with Crippen molar-refractivity contribution in [2.45, 2.75) is 193 Å². The molecule has 0 aliphatic heterocycles. The van der Waals surface area contributed by atoms with Gasteiger partial charge in [-0.25, -0.2) is 4.57 Å². The number of carbonyl (C=O) groups is 1. The summed E-state index contributed by atoms with van der Waals surface area (Å²) >= 11 is 0. The van der Waals surface area contributed by atoms with E-state index in [1.165, 1.54) is 122 Å². The van der Waals surface area contributed by atoms with E-state index in [2.05, 4.69) is 19.2 Å². The van der Waals surface area contributed by atoms with Crippen molar-refractivity contribution < 1.29 is 32.9 Å². The zero-order valence-corrected chi connectivity index (χ0v) is 33.1. The van der Waals surface area contributed by atoms with Crippen LogP contribution in [0.2, 0.25) is 0 Å². The Hall–Kier alpha value is -0.760. The molecule has 8 nitrogen and oxygen atoms in total. The van der Waals surface area contributed by atoms with Gasteiger partial charge in [0.25, 0.3) is 0 Å². The van der Waals surface area contributed by atoms with Crippen LogP contribution in [0, 0.1) is 0 Å². The second kappa shape index (κ2) is 32.2. The first-order chi connectivity index (χ1) is 23.0. The van der Waals surface area contributed by atoms with Crippen molar-refractivity contribution in [3.63, 3.8) is 0 Å². The molecule has 286 valence electrons. The van der Waals surface area contributed by atoms with Gasteiger partial charge in [0, 0.05) is 6.42 Å². The Morgan fingerprint density at radius 1 is 0.688 bits per heavy atom. The minimum absolute atomic E-state index is 0.0643. The summed E-state index contributed by atoms with van der Waals surface area (Å²) in [6.07, 6.45) is 34.1. The zero-order valence-electron chi connectivity index (χ0n) is 32.2. The fourth-order valence-electron chi connectivity index (χ4n) is 5.75. The van der Waals surface area contributed by atoms with Gasteiger partial charge in [-0.1, -0.05) is 167 Å². The fourth-order valence-corrected chi connectivity index (χ4v) is 6.48. The van der Waals surface area contributed by atoms with Gasteiger partial charge in [-0.2, -0.15) is 0 Å². The number of phosphoric ester groups is 1. The average Bonchev–Trinajstić information content (AvgIpc) is 3.02. The van der Waals surface area contributed by atoms with Crippen LogP contribution in [0.15, 0.2) is 12.2 Å². The maximum Gasteiger partial charge on any atom is 0.472 e. The van der Waals surface area contributed by atoms with E-state index < -0.39 is 20.0 Å². The molecule has 0 aromatic rings. The number of aliphatic hydroxyl groups excluding tert-OH is 1. The van der Waals surface area contributed by atoms with Gasteiger partial charge in [-0.05, 0) is 19.3 Å². The number of quaternary nitrogens is 1. The van der Waals surface area contributed by atoms with Crippen LogP contribution in [0.1, 0.15) is 181 Å². The van der Waals surface area contributed by atoms with E-state index in [1.54, 1.807) is 6.08 Å². The summed E-state index contributed by atoms with van der Waals surface area (Å²) in [6.45, 7) is 4.80. The molecule has 0 saturated carbocycles. The number of hydrogen-bond donors (Lipinski definition) is 3. The lowest BCUT2D eigenvalue weighted by molar-refractivity contribution is -0.870. The third kappa shape index (κ3) is 33.7. The van der Waals surface area contributed by atoms with E-state index in [0.29, 0.717) is 17.4 Å². The first-order valence-corrected chi connectivity index (χ1v) is 21.6. The average molecular weight is 705 g/mol. The Morgan fingerprint density at radius 3 is 1.54 bits per heavy atom. The second-order valence-electron chi connectivity index (χ2n) is 15.0. The minimum atomic E-state index is -4.32. The van der Waals surface area contributed by atoms with Crippen LogP contribution in [0.25, 0.3) is 0 Å². The molecule has 3 N–H and O–H groups in total. The van der Waals surface area contributed by atoms with Crippen LogP contribution < -0.4 is 5.32 Å². The summed E-state index contributed by atoms with van der Waals surface area (Å²) in [6, 6.07) is -0.837. The number of nitrogens with one attached hydrogen (secondary N) is 1. The Bertz CT molecular complexity index is 804. The van der Waals surface area contributed by atoms with Crippen molar-refractivity contribution in [1.82, 2.24) is 5.32 Å². The Balaban J connectivity index is 4.50. The topological polar surface area (TPSA) is 105 Å². The summed E-state index contributed by atoms with van der Waals surface area (Å²) in [5, 5.41) is 13.8. The first kappa shape index (κ1) is 47.2. The molecule has 0 bridgehead atoms. The fraction of sp³-hybridized carbons (Fsp3) is 0.923. The van der Waals surface area contributed by atoms with Crippen molar-refractivity contribution in [1.29, 1.82) is 0 Å². The van der Waals surface area contributed by atoms with Gasteiger partial charge in [-0.3, -0.25) is 13.8 Å². The Kier molecular flexibility index (Phi) is 31.7. The van der Waals surface area contributed by atoms with Crippen molar-refractivity contribution in [2.24, 2.45) is 0 Å². The van der Waals surface area contributed by atoms with Gasteiger partial charge in [-0.15, -0.1) is 0 Å². The normalized spacial score (nSPS) is 14.7. The van der Waals surface area contributed by atoms with E-state index in [-0.39, 0.29) is 19.1 Å². The number of nitrogens with zero attached hydrogens (tertiary/aromatic N) is 1. The van der Waals surface area contributed by atoms with Crippen molar-refractivity contribution in [2.75, 3.05) is 40.9 Å². The first-order valence-electron chi connectivity index (χ1n) is 20.1. The molecule has 0 aromatic heterocycles. The van der Waals surface area contributed by atoms with Gasteiger partial charge in [0.1, 0.15) is 13.2 Å². The monoisotopic (exact) mass is 705 g/mol.